The average Bonchev–Trinajstić information content (AvgIpc) is 2.64. The summed E-state index contributed by atoms with van der Waals surface area (Å²) < 4.78 is 25.9. The third-order valence-corrected chi connectivity index (χ3v) is 5.84. The summed E-state index contributed by atoms with van der Waals surface area (Å²) in [6.45, 7) is 3.77. The highest BCUT2D eigenvalue weighted by molar-refractivity contribution is 7.92. The van der Waals surface area contributed by atoms with E-state index in [2.05, 4.69) is 5.32 Å². The van der Waals surface area contributed by atoms with Crippen LogP contribution in [-0.2, 0) is 21.4 Å². The number of aryl methyl sites for hydroxylation is 2. The zero-order chi connectivity index (χ0) is 20.3. The molecule has 0 fully saturated rings. The fraction of sp³-hybridized carbons (Fsp3) is 0.227. The number of fused-ring (bicyclic) bond motifs is 1. The van der Waals surface area contributed by atoms with E-state index in [1.54, 1.807) is 0 Å². The van der Waals surface area contributed by atoms with Crippen LogP contribution in [-0.4, -0.2) is 27.1 Å². The molecule has 0 saturated heterocycles. The first-order chi connectivity index (χ1) is 13.3. The predicted molar refractivity (Wildman–Crippen MR) is 114 cm³/mol. The van der Waals surface area contributed by atoms with Gasteiger partial charge in [0.1, 0.15) is 6.54 Å². The van der Waals surface area contributed by atoms with Crippen LogP contribution in [0.2, 0.25) is 0 Å². The van der Waals surface area contributed by atoms with Gasteiger partial charge in [-0.1, -0.05) is 60.7 Å². The summed E-state index contributed by atoms with van der Waals surface area (Å²) >= 11 is 0. The second-order valence-electron chi connectivity index (χ2n) is 6.93. The van der Waals surface area contributed by atoms with Gasteiger partial charge in [-0.3, -0.25) is 9.10 Å². The van der Waals surface area contributed by atoms with Gasteiger partial charge in [0.05, 0.1) is 11.9 Å². The van der Waals surface area contributed by atoms with Crippen LogP contribution in [0.25, 0.3) is 10.8 Å². The number of nitrogens with zero attached hydrogens (tertiary/aromatic N) is 1. The largest absolute Gasteiger partial charge is 0.350 e. The molecule has 146 valence electrons. The smallest absolute Gasteiger partial charge is 0.241 e. The molecule has 5 nitrogen and oxygen atoms in total. The molecule has 0 aliphatic heterocycles. The lowest BCUT2D eigenvalue weighted by Gasteiger charge is -2.25. The van der Waals surface area contributed by atoms with Gasteiger partial charge in [-0.05, 0) is 41.3 Å². The second-order valence-corrected chi connectivity index (χ2v) is 8.83. The fourth-order valence-electron chi connectivity index (χ4n) is 3.39. The van der Waals surface area contributed by atoms with E-state index in [4.69, 9.17) is 0 Å². The quantitative estimate of drug-likeness (QED) is 0.693. The lowest BCUT2D eigenvalue weighted by Crippen LogP contribution is -2.40. The summed E-state index contributed by atoms with van der Waals surface area (Å²) in [6, 6.07) is 19.4. The van der Waals surface area contributed by atoms with Crippen LogP contribution >= 0.6 is 0 Å². The van der Waals surface area contributed by atoms with Crippen molar-refractivity contribution in [2.24, 2.45) is 0 Å². The summed E-state index contributed by atoms with van der Waals surface area (Å²) in [7, 11) is -3.60. The van der Waals surface area contributed by atoms with E-state index in [1.807, 2.05) is 74.5 Å². The van der Waals surface area contributed by atoms with Gasteiger partial charge in [-0.25, -0.2) is 8.42 Å². The first-order valence-electron chi connectivity index (χ1n) is 9.04. The minimum atomic E-state index is -3.60. The summed E-state index contributed by atoms with van der Waals surface area (Å²) in [6.07, 6.45) is 1.12. The molecule has 0 atom stereocenters. The molecule has 0 unspecified atom stereocenters. The standard InChI is InChI=1S/C22H24N2O3S/c1-16-8-6-9-17(2)22(16)24(28(3,26)27)15-21(25)23-14-19-12-7-11-18-10-4-5-13-20(18)19/h4-13H,14-15H2,1-3H3,(H,23,25). The molecule has 0 heterocycles. The van der Waals surface area contributed by atoms with Crippen LogP contribution in [0.15, 0.2) is 60.7 Å². The number of nitrogens with one attached hydrogen (secondary N) is 1. The third kappa shape index (κ3) is 4.34. The number of sulfonamides is 1. The number of benzene rings is 3. The lowest BCUT2D eigenvalue weighted by atomic mass is 10.0. The van der Waals surface area contributed by atoms with E-state index in [0.29, 0.717) is 12.2 Å². The molecule has 0 aliphatic carbocycles. The summed E-state index contributed by atoms with van der Waals surface area (Å²) in [5, 5.41) is 5.03. The maximum Gasteiger partial charge on any atom is 0.241 e. The molecule has 0 aromatic heterocycles. The molecular formula is C22H24N2O3S. The van der Waals surface area contributed by atoms with Gasteiger partial charge in [0.25, 0.3) is 0 Å². The van der Waals surface area contributed by atoms with Crippen molar-refractivity contribution in [3.05, 3.63) is 77.4 Å². The van der Waals surface area contributed by atoms with Crippen LogP contribution in [0.5, 0.6) is 0 Å². The van der Waals surface area contributed by atoms with Crippen molar-refractivity contribution in [3.63, 3.8) is 0 Å². The van der Waals surface area contributed by atoms with E-state index in [0.717, 1.165) is 33.7 Å². The highest BCUT2D eigenvalue weighted by atomic mass is 32.2. The van der Waals surface area contributed by atoms with Gasteiger partial charge in [0, 0.05) is 6.54 Å². The van der Waals surface area contributed by atoms with Crippen molar-refractivity contribution < 1.29 is 13.2 Å². The number of rotatable bonds is 6. The van der Waals surface area contributed by atoms with E-state index < -0.39 is 10.0 Å². The molecule has 0 aliphatic rings. The zero-order valence-corrected chi connectivity index (χ0v) is 17.1. The Hall–Kier alpha value is -2.86. The minimum absolute atomic E-state index is 0.255. The molecule has 0 radical (unpaired) electrons. The van der Waals surface area contributed by atoms with E-state index in [1.165, 1.54) is 4.31 Å². The van der Waals surface area contributed by atoms with Crippen molar-refractivity contribution in [2.45, 2.75) is 20.4 Å². The van der Waals surface area contributed by atoms with Gasteiger partial charge in [-0.2, -0.15) is 0 Å². The van der Waals surface area contributed by atoms with Gasteiger partial charge < -0.3 is 5.32 Å². The maximum atomic E-state index is 12.6. The third-order valence-electron chi connectivity index (χ3n) is 4.73. The number of amides is 1. The Labute approximate surface area is 166 Å². The van der Waals surface area contributed by atoms with Crippen LogP contribution in [0.1, 0.15) is 16.7 Å². The average molecular weight is 397 g/mol. The fourth-order valence-corrected chi connectivity index (χ4v) is 4.36. The predicted octanol–water partition coefficient (Wildman–Crippen LogP) is 3.54. The maximum absolute atomic E-state index is 12.6. The first kappa shape index (κ1) is 19.9. The van der Waals surface area contributed by atoms with Crippen LogP contribution < -0.4 is 9.62 Å². The van der Waals surface area contributed by atoms with E-state index in [-0.39, 0.29) is 12.5 Å². The molecular weight excluding hydrogens is 372 g/mol. The molecule has 3 rings (SSSR count). The molecule has 1 amide bonds. The van der Waals surface area contributed by atoms with Crippen LogP contribution in [0.3, 0.4) is 0 Å². The van der Waals surface area contributed by atoms with Gasteiger partial charge in [0.15, 0.2) is 0 Å². The molecule has 1 N–H and O–H groups in total. The Morgan fingerprint density at radius 3 is 2.21 bits per heavy atom. The minimum Gasteiger partial charge on any atom is -0.350 e. The van der Waals surface area contributed by atoms with E-state index >= 15 is 0 Å². The Kier molecular flexibility index (Phi) is 5.70. The normalized spacial score (nSPS) is 11.4. The number of anilines is 1. The Bertz CT molecular complexity index is 1100. The molecule has 0 spiro atoms. The molecule has 28 heavy (non-hydrogen) atoms. The van der Waals surface area contributed by atoms with Crippen LogP contribution in [0.4, 0.5) is 5.69 Å². The highest BCUT2D eigenvalue weighted by Crippen LogP contribution is 2.26. The second kappa shape index (κ2) is 8.02. The number of carbonyl (C=O) groups is 1. The topological polar surface area (TPSA) is 66.5 Å². The Morgan fingerprint density at radius 2 is 1.54 bits per heavy atom. The van der Waals surface area contributed by atoms with Gasteiger partial charge in [-0.15, -0.1) is 0 Å². The zero-order valence-electron chi connectivity index (χ0n) is 16.3. The van der Waals surface area contributed by atoms with Crippen molar-refractivity contribution in [1.82, 2.24) is 5.32 Å². The van der Waals surface area contributed by atoms with Gasteiger partial charge >= 0.3 is 0 Å². The summed E-state index contributed by atoms with van der Waals surface area (Å²) in [4.78, 5) is 12.6. The lowest BCUT2D eigenvalue weighted by molar-refractivity contribution is -0.119. The highest BCUT2D eigenvalue weighted by Gasteiger charge is 2.23. The first-order valence-corrected chi connectivity index (χ1v) is 10.9. The molecule has 3 aromatic rings. The number of hydrogen-bond donors (Lipinski definition) is 1. The van der Waals surface area contributed by atoms with Crippen molar-refractivity contribution in [2.75, 3.05) is 17.1 Å². The van der Waals surface area contributed by atoms with Crippen molar-refractivity contribution in [1.29, 1.82) is 0 Å². The molecule has 0 bridgehead atoms. The summed E-state index contributed by atoms with van der Waals surface area (Å²) in [5.74, 6) is -0.346. The number of para-hydroxylation sites is 1. The Balaban J connectivity index is 1.80. The monoisotopic (exact) mass is 396 g/mol. The van der Waals surface area contributed by atoms with Crippen molar-refractivity contribution >= 4 is 32.4 Å². The van der Waals surface area contributed by atoms with Crippen LogP contribution in [0, 0.1) is 13.8 Å². The SMILES string of the molecule is Cc1cccc(C)c1N(CC(=O)NCc1cccc2ccccc12)S(C)(=O)=O. The number of hydrogen-bond acceptors (Lipinski definition) is 3. The van der Waals surface area contributed by atoms with E-state index in [9.17, 15) is 13.2 Å². The summed E-state index contributed by atoms with van der Waals surface area (Å²) in [5.41, 5.74) is 3.18. The van der Waals surface area contributed by atoms with Gasteiger partial charge in [0.2, 0.25) is 15.9 Å². The molecule has 6 heteroatoms. The number of carbonyl (C=O) groups excluding carboxylic acids is 1. The Morgan fingerprint density at radius 1 is 0.929 bits per heavy atom. The van der Waals surface area contributed by atoms with Crippen molar-refractivity contribution in [3.8, 4) is 0 Å². The molecule has 3 aromatic carbocycles. The molecule has 0 saturated carbocycles.